The van der Waals surface area contributed by atoms with Crippen LogP contribution in [0.1, 0.15) is 67.8 Å². The number of benzene rings is 1. The van der Waals surface area contributed by atoms with Crippen LogP contribution in [0, 0.1) is 19.8 Å². The molecule has 26 heavy (non-hydrogen) atoms. The lowest BCUT2D eigenvalue weighted by Crippen LogP contribution is -2.09. The van der Waals surface area contributed by atoms with E-state index < -0.39 is 0 Å². The van der Waals surface area contributed by atoms with Gasteiger partial charge in [-0.3, -0.25) is 4.40 Å². The molecule has 2 heterocycles. The lowest BCUT2D eigenvalue weighted by molar-refractivity contribution is 0.299. The molecule has 1 aromatic carbocycles. The van der Waals surface area contributed by atoms with Crippen LogP contribution in [0.3, 0.4) is 0 Å². The van der Waals surface area contributed by atoms with Crippen LogP contribution in [-0.2, 0) is 0 Å². The molecule has 4 nitrogen and oxygen atoms in total. The van der Waals surface area contributed by atoms with Crippen LogP contribution < -0.4 is 4.74 Å². The van der Waals surface area contributed by atoms with Crippen LogP contribution in [0.2, 0.25) is 0 Å². The SMILES string of the molecule is Cc1ncn2c1c(C)nc1c(C3CCCCC3)cc(OCC3CC3)cc12. The molecule has 0 atom stereocenters. The molecule has 0 radical (unpaired) electrons. The number of ether oxygens (including phenoxy) is 1. The van der Waals surface area contributed by atoms with E-state index in [1.807, 2.05) is 6.33 Å². The first-order valence-corrected chi connectivity index (χ1v) is 10.1. The monoisotopic (exact) mass is 349 g/mol. The minimum Gasteiger partial charge on any atom is -0.493 e. The summed E-state index contributed by atoms with van der Waals surface area (Å²) >= 11 is 0. The highest BCUT2D eigenvalue weighted by Crippen LogP contribution is 2.39. The van der Waals surface area contributed by atoms with Gasteiger partial charge >= 0.3 is 0 Å². The minimum absolute atomic E-state index is 0.602. The van der Waals surface area contributed by atoms with Crippen LogP contribution in [-0.4, -0.2) is 21.0 Å². The van der Waals surface area contributed by atoms with Crippen molar-refractivity contribution in [2.45, 2.75) is 64.7 Å². The molecule has 2 aliphatic rings. The Morgan fingerprint density at radius 3 is 2.62 bits per heavy atom. The van der Waals surface area contributed by atoms with E-state index in [0.29, 0.717) is 5.92 Å². The van der Waals surface area contributed by atoms with Crippen LogP contribution in [0.25, 0.3) is 16.6 Å². The second-order valence-corrected chi connectivity index (χ2v) is 8.22. The van der Waals surface area contributed by atoms with Crippen LogP contribution in [0.4, 0.5) is 0 Å². The normalized spacial score (nSPS) is 18.7. The van der Waals surface area contributed by atoms with Gasteiger partial charge in [0.2, 0.25) is 0 Å². The molecule has 2 saturated carbocycles. The first-order chi connectivity index (χ1) is 12.7. The van der Waals surface area contributed by atoms with E-state index in [2.05, 4.69) is 35.4 Å². The molecule has 136 valence electrons. The molecular weight excluding hydrogens is 322 g/mol. The maximum atomic E-state index is 6.19. The van der Waals surface area contributed by atoms with E-state index in [1.165, 1.54) is 50.5 Å². The Morgan fingerprint density at radius 2 is 1.85 bits per heavy atom. The van der Waals surface area contributed by atoms with Gasteiger partial charge in [0.1, 0.15) is 12.1 Å². The quantitative estimate of drug-likeness (QED) is 0.638. The average molecular weight is 349 g/mol. The molecule has 0 bridgehead atoms. The van der Waals surface area contributed by atoms with Crippen LogP contribution in [0.15, 0.2) is 18.5 Å². The van der Waals surface area contributed by atoms with Crippen molar-refractivity contribution in [1.82, 2.24) is 14.4 Å². The Hall–Kier alpha value is -2.10. The zero-order valence-corrected chi connectivity index (χ0v) is 15.8. The molecule has 0 unspecified atom stereocenters. The molecule has 4 heteroatoms. The van der Waals surface area contributed by atoms with Crippen molar-refractivity contribution in [2.24, 2.45) is 5.92 Å². The Labute approximate surface area is 154 Å². The van der Waals surface area contributed by atoms with Crippen molar-refractivity contribution in [2.75, 3.05) is 6.61 Å². The Bertz CT molecular complexity index is 965. The van der Waals surface area contributed by atoms with Gasteiger partial charge in [0, 0.05) is 6.07 Å². The third-order valence-corrected chi connectivity index (χ3v) is 6.15. The summed E-state index contributed by atoms with van der Waals surface area (Å²) in [6.45, 7) is 5.01. The van der Waals surface area contributed by atoms with E-state index >= 15 is 0 Å². The third kappa shape index (κ3) is 2.76. The average Bonchev–Trinajstić information content (AvgIpc) is 3.41. The molecule has 0 spiro atoms. The van der Waals surface area contributed by atoms with Gasteiger partial charge in [-0.15, -0.1) is 0 Å². The van der Waals surface area contributed by atoms with Crippen LogP contribution in [0.5, 0.6) is 5.75 Å². The van der Waals surface area contributed by atoms with E-state index in [4.69, 9.17) is 9.72 Å². The topological polar surface area (TPSA) is 39.4 Å². The highest BCUT2D eigenvalue weighted by molar-refractivity contribution is 5.85. The summed E-state index contributed by atoms with van der Waals surface area (Å²) in [5.74, 6) is 2.36. The summed E-state index contributed by atoms with van der Waals surface area (Å²) in [5, 5.41) is 0. The number of imidazole rings is 1. The van der Waals surface area contributed by atoms with Crippen molar-refractivity contribution in [1.29, 1.82) is 0 Å². The largest absolute Gasteiger partial charge is 0.493 e. The summed E-state index contributed by atoms with van der Waals surface area (Å²) in [7, 11) is 0. The molecule has 0 amide bonds. The van der Waals surface area contributed by atoms with Crippen LogP contribution >= 0.6 is 0 Å². The summed E-state index contributed by atoms with van der Waals surface area (Å²) < 4.78 is 8.41. The Kier molecular flexibility index (Phi) is 3.87. The standard InChI is InChI=1S/C22H27N3O/c1-14-22-15(2)24-21-19(17-6-4-3-5-7-17)10-18(26-12-16-8-9-16)11-20(21)25(22)13-23-14/h10-11,13,16-17H,3-9,12H2,1-2H3. The van der Waals surface area contributed by atoms with Crippen molar-refractivity contribution in [3.63, 3.8) is 0 Å². The highest BCUT2D eigenvalue weighted by Gasteiger charge is 2.24. The molecule has 0 aliphatic heterocycles. The maximum absolute atomic E-state index is 6.19. The molecule has 5 rings (SSSR count). The summed E-state index contributed by atoms with van der Waals surface area (Å²) in [6.07, 6.45) is 11.1. The van der Waals surface area contributed by atoms with Crippen molar-refractivity contribution >= 4 is 16.6 Å². The number of nitrogens with zero attached hydrogens (tertiary/aromatic N) is 3. The van der Waals surface area contributed by atoms with Gasteiger partial charge in [0.25, 0.3) is 0 Å². The van der Waals surface area contributed by atoms with Gasteiger partial charge in [-0.2, -0.15) is 0 Å². The fraction of sp³-hybridized carbons (Fsp3) is 0.545. The van der Waals surface area contributed by atoms with Crippen molar-refractivity contribution in [3.8, 4) is 5.75 Å². The van der Waals surface area contributed by atoms with E-state index in [-0.39, 0.29) is 0 Å². The number of hydrogen-bond donors (Lipinski definition) is 0. The zero-order valence-electron chi connectivity index (χ0n) is 15.8. The fourth-order valence-corrected chi connectivity index (χ4v) is 4.50. The number of rotatable bonds is 4. The number of aryl methyl sites for hydroxylation is 2. The second-order valence-electron chi connectivity index (χ2n) is 8.22. The smallest absolute Gasteiger partial charge is 0.121 e. The predicted octanol–water partition coefficient (Wildman–Crippen LogP) is 5.34. The zero-order chi connectivity index (χ0) is 17.7. The van der Waals surface area contributed by atoms with Gasteiger partial charge in [-0.1, -0.05) is 19.3 Å². The molecule has 2 aliphatic carbocycles. The van der Waals surface area contributed by atoms with E-state index in [9.17, 15) is 0 Å². The lowest BCUT2D eigenvalue weighted by Gasteiger charge is -2.24. The molecular formula is C22H27N3O. The van der Waals surface area contributed by atoms with Gasteiger partial charge in [-0.25, -0.2) is 9.97 Å². The Morgan fingerprint density at radius 1 is 1.04 bits per heavy atom. The summed E-state index contributed by atoms with van der Waals surface area (Å²) in [4.78, 5) is 9.59. The lowest BCUT2D eigenvalue weighted by atomic mass is 9.83. The maximum Gasteiger partial charge on any atom is 0.121 e. The number of aromatic nitrogens is 3. The first-order valence-electron chi connectivity index (χ1n) is 10.1. The van der Waals surface area contributed by atoms with Gasteiger partial charge < -0.3 is 4.74 Å². The Balaban J connectivity index is 1.70. The number of hydrogen-bond acceptors (Lipinski definition) is 3. The van der Waals surface area contributed by atoms with Crippen molar-refractivity contribution < 1.29 is 4.74 Å². The molecule has 3 aromatic rings. The van der Waals surface area contributed by atoms with E-state index in [1.54, 1.807) is 0 Å². The second kappa shape index (κ2) is 6.26. The number of fused-ring (bicyclic) bond motifs is 3. The predicted molar refractivity (Wildman–Crippen MR) is 104 cm³/mol. The fourth-order valence-electron chi connectivity index (χ4n) is 4.50. The minimum atomic E-state index is 0.602. The van der Waals surface area contributed by atoms with Gasteiger partial charge in [-0.05, 0) is 63.0 Å². The summed E-state index contributed by atoms with van der Waals surface area (Å²) in [5.41, 5.74) is 6.89. The summed E-state index contributed by atoms with van der Waals surface area (Å²) in [6, 6.07) is 4.45. The highest BCUT2D eigenvalue weighted by atomic mass is 16.5. The molecule has 2 aromatic heterocycles. The third-order valence-electron chi connectivity index (χ3n) is 6.15. The molecule has 0 N–H and O–H groups in total. The molecule has 0 saturated heterocycles. The van der Waals surface area contributed by atoms with Gasteiger partial charge in [0.05, 0.1) is 34.5 Å². The van der Waals surface area contributed by atoms with Crippen molar-refractivity contribution in [3.05, 3.63) is 35.4 Å². The van der Waals surface area contributed by atoms with Gasteiger partial charge in [0.15, 0.2) is 0 Å². The van der Waals surface area contributed by atoms with E-state index in [0.717, 1.165) is 46.2 Å². The first kappa shape index (κ1) is 16.1. The molecule has 2 fully saturated rings.